The van der Waals surface area contributed by atoms with Gasteiger partial charge in [-0.25, -0.2) is 9.97 Å². The van der Waals surface area contributed by atoms with Crippen LogP contribution in [0.1, 0.15) is 0 Å². The number of nitrogens with zero attached hydrogens (tertiary/aromatic N) is 2. The van der Waals surface area contributed by atoms with Gasteiger partial charge in [-0.1, -0.05) is 11.6 Å². The van der Waals surface area contributed by atoms with Crippen molar-refractivity contribution >= 4 is 46.9 Å². The molecule has 2 heterocycles. The Morgan fingerprint density at radius 2 is 2.18 bits per heavy atom. The number of thioether (sulfide) groups is 1. The van der Waals surface area contributed by atoms with Crippen LogP contribution in [-0.4, -0.2) is 33.6 Å². The summed E-state index contributed by atoms with van der Waals surface area (Å²) in [5.41, 5.74) is 2.48. The maximum atomic E-state index is 6.07. The standard InChI is InChI=1S/C15H14ClN3OS.ClH/c1-21-8-7-20-13-9-10(16)4-5-11(13)14-18-12-3-2-6-17-15(12)19-14;/h2-6,9H,7-8H2,1H3,(H,17,18,19);1H. The molecule has 0 saturated carbocycles. The Morgan fingerprint density at radius 3 is 2.95 bits per heavy atom. The zero-order valence-corrected chi connectivity index (χ0v) is 14.3. The van der Waals surface area contributed by atoms with Gasteiger partial charge in [0.15, 0.2) is 5.65 Å². The van der Waals surface area contributed by atoms with Crippen LogP contribution in [0.15, 0.2) is 36.5 Å². The molecule has 0 aliphatic rings. The molecule has 3 aromatic rings. The van der Waals surface area contributed by atoms with Crippen LogP contribution in [0.4, 0.5) is 0 Å². The van der Waals surface area contributed by atoms with E-state index in [2.05, 4.69) is 15.0 Å². The van der Waals surface area contributed by atoms with Crippen LogP contribution in [0.5, 0.6) is 5.75 Å². The second-order valence-corrected chi connectivity index (χ2v) is 5.86. The SMILES string of the molecule is CSCCOc1cc(Cl)ccc1-c1nc2ncccc2[nH]1.Cl. The zero-order valence-electron chi connectivity index (χ0n) is 11.9. The smallest absolute Gasteiger partial charge is 0.178 e. The Kier molecular flexibility index (Phi) is 5.94. The van der Waals surface area contributed by atoms with E-state index in [9.17, 15) is 0 Å². The van der Waals surface area contributed by atoms with E-state index in [4.69, 9.17) is 16.3 Å². The quantitative estimate of drug-likeness (QED) is 0.687. The van der Waals surface area contributed by atoms with Crippen molar-refractivity contribution in [2.45, 2.75) is 0 Å². The van der Waals surface area contributed by atoms with E-state index in [1.165, 1.54) is 0 Å². The summed E-state index contributed by atoms with van der Waals surface area (Å²) in [5, 5.41) is 0.645. The zero-order chi connectivity index (χ0) is 14.7. The largest absolute Gasteiger partial charge is 0.492 e. The second kappa shape index (κ2) is 7.72. The van der Waals surface area contributed by atoms with Crippen LogP contribution in [0, 0.1) is 0 Å². The van der Waals surface area contributed by atoms with Gasteiger partial charge in [-0.3, -0.25) is 0 Å². The minimum atomic E-state index is 0. The number of hydrogen-bond acceptors (Lipinski definition) is 4. The van der Waals surface area contributed by atoms with Gasteiger partial charge in [-0.2, -0.15) is 11.8 Å². The van der Waals surface area contributed by atoms with Gasteiger partial charge >= 0.3 is 0 Å². The molecule has 0 saturated heterocycles. The molecule has 0 bridgehead atoms. The number of nitrogens with one attached hydrogen (secondary N) is 1. The van der Waals surface area contributed by atoms with Crippen LogP contribution < -0.4 is 4.74 Å². The first-order valence-electron chi connectivity index (χ1n) is 6.50. The van der Waals surface area contributed by atoms with E-state index >= 15 is 0 Å². The average Bonchev–Trinajstić information content (AvgIpc) is 2.91. The molecule has 0 amide bonds. The topological polar surface area (TPSA) is 50.8 Å². The van der Waals surface area contributed by atoms with Gasteiger partial charge in [0.05, 0.1) is 17.7 Å². The highest BCUT2D eigenvalue weighted by Crippen LogP contribution is 2.31. The van der Waals surface area contributed by atoms with Crippen molar-refractivity contribution in [1.29, 1.82) is 0 Å². The van der Waals surface area contributed by atoms with E-state index < -0.39 is 0 Å². The number of aromatic nitrogens is 3. The molecular formula is C15H15Cl2N3OS. The molecule has 1 aromatic carbocycles. The van der Waals surface area contributed by atoms with E-state index in [0.717, 1.165) is 28.4 Å². The van der Waals surface area contributed by atoms with Gasteiger partial charge in [0.25, 0.3) is 0 Å². The summed E-state index contributed by atoms with van der Waals surface area (Å²) in [4.78, 5) is 12.0. The Bertz CT molecular complexity index is 730. The van der Waals surface area contributed by atoms with Crippen LogP contribution >= 0.6 is 35.8 Å². The molecule has 1 N–H and O–H groups in total. The summed E-state index contributed by atoms with van der Waals surface area (Å²) >= 11 is 7.81. The van der Waals surface area contributed by atoms with Crippen LogP contribution in [0.2, 0.25) is 5.02 Å². The molecule has 0 aliphatic carbocycles. The molecule has 0 radical (unpaired) electrons. The highest BCUT2D eigenvalue weighted by Gasteiger charge is 2.12. The van der Waals surface area contributed by atoms with Crippen molar-refractivity contribution in [3.8, 4) is 17.1 Å². The fraction of sp³-hybridized carbons (Fsp3) is 0.200. The maximum Gasteiger partial charge on any atom is 0.178 e. The number of rotatable bonds is 5. The predicted octanol–water partition coefficient (Wildman–Crippen LogP) is 4.44. The Morgan fingerprint density at radius 1 is 1.32 bits per heavy atom. The van der Waals surface area contributed by atoms with Crippen LogP contribution in [-0.2, 0) is 0 Å². The van der Waals surface area contributed by atoms with Crippen molar-refractivity contribution in [1.82, 2.24) is 15.0 Å². The summed E-state index contributed by atoms with van der Waals surface area (Å²) in [5.74, 6) is 2.39. The number of halogens is 2. The summed E-state index contributed by atoms with van der Waals surface area (Å²) in [7, 11) is 0. The van der Waals surface area contributed by atoms with Crippen LogP contribution in [0.3, 0.4) is 0 Å². The number of imidazole rings is 1. The molecule has 22 heavy (non-hydrogen) atoms. The lowest BCUT2D eigenvalue weighted by Crippen LogP contribution is -2.01. The molecule has 0 spiro atoms. The van der Waals surface area contributed by atoms with Crippen molar-refractivity contribution in [3.63, 3.8) is 0 Å². The predicted molar refractivity (Wildman–Crippen MR) is 95.5 cm³/mol. The third kappa shape index (κ3) is 3.66. The third-order valence-corrected chi connectivity index (χ3v) is 3.81. The molecule has 116 valence electrons. The highest BCUT2D eigenvalue weighted by atomic mass is 35.5. The van der Waals surface area contributed by atoms with Crippen molar-refractivity contribution in [2.24, 2.45) is 0 Å². The molecule has 2 aromatic heterocycles. The van der Waals surface area contributed by atoms with Gasteiger partial charge in [0.2, 0.25) is 0 Å². The first-order chi connectivity index (χ1) is 10.3. The Hall–Kier alpha value is -1.43. The van der Waals surface area contributed by atoms with Crippen molar-refractivity contribution in [2.75, 3.05) is 18.6 Å². The number of benzene rings is 1. The fourth-order valence-corrected chi connectivity index (χ4v) is 2.43. The molecule has 4 nitrogen and oxygen atoms in total. The van der Waals surface area contributed by atoms with E-state index in [-0.39, 0.29) is 12.4 Å². The number of aromatic amines is 1. The van der Waals surface area contributed by atoms with Gasteiger partial charge in [-0.15, -0.1) is 12.4 Å². The number of hydrogen-bond donors (Lipinski definition) is 1. The highest BCUT2D eigenvalue weighted by molar-refractivity contribution is 7.98. The summed E-state index contributed by atoms with van der Waals surface area (Å²) in [6.07, 6.45) is 3.78. The lowest BCUT2D eigenvalue weighted by Gasteiger charge is -2.10. The van der Waals surface area contributed by atoms with Gasteiger partial charge in [0.1, 0.15) is 11.6 Å². The first kappa shape index (κ1) is 16.9. The van der Waals surface area contributed by atoms with Gasteiger partial charge in [0, 0.05) is 17.0 Å². The number of pyridine rings is 1. The monoisotopic (exact) mass is 355 g/mol. The maximum absolute atomic E-state index is 6.07. The molecule has 7 heteroatoms. The third-order valence-electron chi connectivity index (χ3n) is 3.00. The Balaban J connectivity index is 0.00000176. The first-order valence-corrected chi connectivity index (χ1v) is 8.27. The van der Waals surface area contributed by atoms with Gasteiger partial charge in [-0.05, 0) is 36.6 Å². The lowest BCUT2D eigenvalue weighted by molar-refractivity contribution is 0.345. The second-order valence-electron chi connectivity index (χ2n) is 4.44. The number of fused-ring (bicyclic) bond motifs is 1. The lowest BCUT2D eigenvalue weighted by atomic mass is 10.2. The summed E-state index contributed by atoms with van der Waals surface area (Å²) < 4.78 is 5.82. The summed E-state index contributed by atoms with van der Waals surface area (Å²) in [6, 6.07) is 9.39. The molecule has 3 rings (SSSR count). The van der Waals surface area contributed by atoms with E-state index in [1.54, 1.807) is 18.0 Å². The fourth-order valence-electron chi connectivity index (χ4n) is 2.02. The minimum Gasteiger partial charge on any atom is -0.492 e. The van der Waals surface area contributed by atoms with E-state index in [0.29, 0.717) is 17.3 Å². The minimum absolute atomic E-state index is 0. The van der Waals surface area contributed by atoms with Crippen molar-refractivity contribution in [3.05, 3.63) is 41.6 Å². The van der Waals surface area contributed by atoms with Gasteiger partial charge < -0.3 is 9.72 Å². The number of H-pyrrole nitrogens is 1. The number of ether oxygens (including phenoxy) is 1. The normalized spacial score (nSPS) is 10.5. The molecule has 0 atom stereocenters. The molecular weight excluding hydrogens is 341 g/mol. The molecule has 0 fully saturated rings. The van der Waals surface area contributed by atoms with Crippen LogP contribution in [0.25, 0.3) is 22.6 Å². The molecule has 0 aliphatic heterocycles. The average molecular weight is 356 g/mol. The van der Waals surface area contributed by atoms with Crippen molar-refractivity contribution < 1.29 is 4.74 Å². The van der Waals surface area contributed by atoms with E-state index in [1.807, 2.05) is 36.6 Å². The summed E-state index contributed by atoms with van der Waals surface area (Å²) in [6.45, 7) is 0.632. The molecule has 0 unspecified atom stereocenters. The Labute approximate surface area is 144 Å².